The molecule has 0 spiro atoms. The second kappa shape index (κ2) is 7.10. The van der Waals surface area contributed by atoms with Crippen molar-refractivity contribution in [3.05, 3.63) is 0 Å². The molecule has 102 valence electrons. The maximum absolute atomic E-state index is 11.5. The minimum atomic E-state index is -2.98. The monoisotopic (exact) mass is 325 g/mol. The molecule has 1 fully saturated rings. The summed E-state index contributed by atoms with van der Waals surface area (Å²) < 4.78 is 24.6. The highest BCUT2D eigenvalue weighted by Crippen LogP contribution is 2.24. The first-order chi connectivity index (χ1) is 7.93. The van der Waals surface area contributed by atoms with E-state index in [1.807, 2.05) is 0 Å². The van der Waals surface area contributed by atoms with Gasteiger partial charge in [0.05, 0.1) is 6.26 Å². The molecule has 1 rings (SSSR count). The number of nitrogens with zero attached hydrogens (tertiary/aromatic N) is 1. The molecule has 0 aromatic heterocycles. The summed E-state index contributed by atoms with van der Waals surface area (Å²) in [4.78, 5) is 0.622. The first-order valence-corrected chi connectivity index (χ1v) is 9.29. The third-order valence-electron chi connectivity index (χ3n) is 3.52. The minimum absolute atomic E-state index is 0.565. The molecule has 0 aromatic carbocycles. The van der Waals surface area contributed by atoms with Gasteiger partial charge in [-0.3, -0.25) is 0 Å². The van der Waals surface area contributed by atoms with Gasteiger partial charge in [-0.2, -0.15) is 0 Å². The lowest BCUT2D eigenvalue weighted by Crippen LogP contribution is -2.39. The molecule has 0 aromatic rings. The van der Waals surface area contributed by atoms with E-state index in [-0.39, 0.29) is 0 Å². The number of rotatable bonds is 6. The van der Waals surface area contributed by atoms with E-state index in [0.717, 1.165) is 19.4 Å². The zero-order valence-corrected chi connectivity index (χ0v) is 13.3. The van der Waals surface area contributed by atoms with E-state index in [0.29, 0.717) is 17.3 Å². The smallest absolute Gasteiger partial charge is 0.211 e. The van der Waals surface area contributed by atoms with E-state index in [1.165, 1.54) is 31.9 Å². The van der Waals surface area contributed by atoms with Gasteiger partial charge in [-0.15, -0.1) is 0 Å². The lowest BCUT2D eigenvalue weighted by molar-refractivity contribution is 0.252. The summed E-state index contributed by atoms with van der Waals surface area (Å²) in [7, 11) is -2.98. The Kier molecular flexibility index (Phi) is 6.45. The third kappa shape index (κ3) is 5.71. The average Bonchev–Trinajstić information content (AvgIpc) is 2.28. The quantitative estimate of drug-likeness (QED) is 0.704. The standard InChI is InChI=1S/C12H24BrNO2S/c1-3-12(13)8-4-6-11-7-5-9-14(10-11)17(2,15)16/h11-12H,3-10H2,1-2H3. The molecular weight excluding hydrogens is 302 g/mol. The molecule has 0 saturated carbocycles. The van der Waals surface area contributed by atoms with Crippen LogP contribution in [0.25, 0.3) is 0 Å². The van der Waals surface area contributed by atoms with E-state index in [1.54, 1.807) is 4.31 Å². The number of piperidine rings is 1. The van der Waals surface area contributed by atoms with Crippen LogP contribution in [-0.2, 0) is 10.0 Å². The third-order valence-corrected chi connectivity index (χ3v) is 5.90. The summed E-state index contributed by atoms with van der Waals surface area (Å²) in [5, 5.41) is 0. The molecule has 2 atom stereocenters. The summed E-state index contributed by atoms with van der Waals surface area (Å²) in [5.41, 5.74) is 0. The van der Waals surface area contributed by atoms with Crippen molar-refractivity contribution in [1.82, 2.24) is 4.31 Å². The molecule has 1 heterocycles. The fourth-order valence-electron chi connectivity index (χ4n) is 2.40. The van der Waals surface area contributed by atoms with Crippen LogP contribution in [0.15, 0.2) is 0 Å². The fraction of sp³-hybridized carbons (Fsp3) is 1.00. The van der Waals surface area contributed by atoms with Crippen molar-refractivity contribution in [3.63, 3.8) is 0 Å². The topological polar surface area (TPSA) is 37.4 Å². The van der Waals surface area contributed by atoms with Gasteiger partial charge in [0.15, 0.2) is 0 Å². The first-order valence-electron chi connectivity index (χ1n) is 6.52. The van der Waals surface area contributed by atoms with Crippen LogP contribution >= 0.6 is 15.9 Å². The van der Waals surface area contributed by atoms with Gasteiger partial charge in [0.2, 0.25) is 10.0 Å². The van der Waals surface area contributed by atoms with Gasteiger partial charge in [0.1, 0.15) is 0 Å². The SMILES string of the molecule is CCC(Br)CCCC1CCCN(S(C)(=O)=O)C1. The van der Waals surface area contributed by atoms with Crippen LogP contribution in [-0.4, -0.2) is 36.9 Å². The summed E-state index contributed by atoms with van der Waals surface area (Å²) in [5.74, 6) is 0.565. The molecule has 1 saturated heterocycles. The maximum Gasteiger partial charge on any atom is 0.211 e. The number of sulfonamides is 1. The van der Waals surface area contributed by atoms with E-state index in [9.17, 15) is 8.42 Å². The summed E-state index contributed by atoms with van der Waals surface area (Å²) >= 11 is 3.64. The fourth-order valence-corrected chi connectivity index (χ4v) is 3.66. The summed E-state index contributed by atoms with van der Waals surface area (Å²) in [6.07, 6.45) is 8.25. The molecule has 0 N–H and O–H groups in total. The van der Waals surface area contributed by atoms with Crippen LogP contribution < -0.4 is 0 Å². The second-order valence-corrected chi connectivity index (χ2v) is 8.34. The van der Waals surface area contributed by atoms with Crippen molar-refractivity contribution in [3.8, 4) is 0 Å². The van der Waals surface area contributed by atoms with Gasteiger partial charge in [-0.05, 0) is 38.0 Å². The Morgan fingerprint density at radius 2 is 2.18 bits per heavy atom. The average molecular weight is 326 g/mol. The van der Waals surface area contributed by atoms with E-state index in [4.69, 9.17) is 0 Å². The van der Waals surface area contributed by atoms with Crippen molar-refractivity contribution < 1.29 is 8.42 Å². The van der Waals surface area contributed by atoms with Gasteiger partial charge >= 0.3 is 0 Å². The highest BCUT2D eigenvalue weighted by atomic mass is 79.9. The highest BCUT2D eigenvalue weighted by molar-refractivity contribution is 9.09. The number of halogens is 1. The lowest BCUT2D eigenvalue weighted by atomic mass is 9.93. The molecule has 0 amide bonds. The minimum Gasteiger partial charge on any atom is -0.213 e. The Hall–Kier alpha value is 0.390. The lowest BCUT2D eigenvalue weighted by Gasteiger charge is -2.31. The number of hydrogen-bond donors (Lipinski definition) is 0. The molecule has 2 unspecified atom stereocenters. The van der Waals surface area contributed by atoms with Gasteiger partial charge in [-0.25, -0.2) is 12.7 Å². The molecule has 0 radical (unpaired) electrons. The summed E-state index contributed by atoms with van der Waals surface area (Å²) in [6, 6.07) is 0. The van der Waals surface area contributed by atoms with Crippen LogP contribution in [0.2, 0.25) is 0 Å². The van der Waals surface area contributed by atoms with Crippen LogP contribution in [0, 0.1) is 5.92 Å². The van der Waals surface area contributed by atoms with E-state index in [2.05, 4.69) is 22.9 Å². The van der Waals surface area contributed by atoms with Crippen LogP contribution in [0.5, 0.6) is 0 Å². The molecule has 5 heteroatoms. The van der Waals surface area contributed by atoms with Crippen LogP contribution in [0.3, 0.4) is 0 Å². The van der Waals surface area contributed by atoms with Gasteiger partial charge < -0.3 is 0 Å². The van der Waals surface area contributed by atoms with Crippen LogP contribution in [0.4, 0.5) is 0 Å². The Labute approximate surface area is 114 Å². The Morgan fingerprint density at radius 3 is 2.76 bits per heavy atom. The summed E-state index contributed by atoms with van der Waals surface area (Å²) in [6.45, 7) is 3.63. The Balaban J connectivity index is 2.30. The van der Waals surface area contributed by atoms with E-state index < -0.39 is 10.0 Å². The predicted octanol–water partition coefficient (Wildman–Crippen LogP) is 3.00. The normalized spacial score (nSPS) is 24.8. The molecular formula is C12H24BrNO2S. The molecule has 17 heavy (non-hydrogen) atoms. The largest absolute Gasteiger partial charge is 0.213 e. The molecule has 0 bridgehead atoms. The van der Waals surface area contributed by atoms with E-state index >= 15 is 0 Å². The van der Waals surface area contributed by atoms with Gasteiger partial charge in [0.25, 0.3) is 0 Å². The van der Waals surface area contributed by atoms with Crippen LogP contribution in [0.1, 0.15) is 45.4 Å². The van der Waals surface area contributed by atoms with Gasteiger partial charge in [0, 0.05) is 17.9 Å². The molecule has 1 aliphatic heterocycles. The van der Waals surface area contributed by atoms with Crippen molar-refractivity contribution in [1.29, 1.82) is 0 Å². The molecule has 0 aliphatic carbocycles. The molecule has 3 nitrogen and oxygen atoms in total. The molecule has 1 aliphatic rings. The first kappa shape index (κ1) is 15.4. The number of alkyl halides is 1. The second-order valence-electron chi connectivity index (χ2n) is 5.07. The van der Waals surface area contributed by atoms with Crippen molar-refractivity contribution in [2.75, 3.05) is 19.3 Å². The zero-order chi connectivity index (χ0) is 12.9. The Bertz CT molecular complexity index is 318. The zero-order valence-electron chi connectivity index (χ0n) is 10.9. The Morgan fingerprint density at radius 1 is 1.47 bits per heavy atom. The highest BCUT2D eigenvalue weighted by Gasteiger charge is 2.25. The van der Waals surface area contributed by atoms with Gasteiger partial charge in [-0.1, -0.05) is 29.3 Å². The van der Waals surface area contributed by atoms with Crippen molar-refractivity contribution in [2.24, 2.45) is 5.92 Å². The predicted molar refractivity (Wildman–Crippen MR) is 76.0 cm³/mol. The van der Waals surface area contributed by atoms with Crippen molar-refractivity contribution in [2.45, 2.75) is 50.3 Å². The number of hydrogen-bond acceptors (Lipinski definition) is 2. The van der Waals surface area contributed by atoms with Crippen molar-refractivity contribution >= 4 is 26.0 Å². The maximum atomic E-state index is 11.5.